The maximum absolute atomic E-state index is 12.3. The molecule has 0 bridgehead atoms. The molecule has 7 nitrogen and oxygen atoms in total. The monoisotopic (exact) mass is 372 g/mol. The van der Waals surface area contributed by atoms with Crippen molar-refractivity contribution in [1.82, 2.24) is 14.9 Å². The van der Waals surface area contributed by atoms with Gasteiger partial charge >= 0.3 is 5.97 Å². The first-order valence-electron chi connectivity index (χ1n) is 8.30. The molecular formula is C18H20N4O3S. The molecule has 1 N–H and O–H groups in total. The van der Waals surface area contributed by atoms with Crippen LogP contribution in [0.15, 0.2) is 17.6 Å². The van der Waals surface area contributed by atoms with Gasteiger partial charge in [0, 0.05) is 24.2 Å². The fraction of sp³-hybridized carbons (Fsp3) is 0.444. The Morgan fingerprint density at radius 1 is 1.54 bits per heavy atom. The van der Waals surface area contributed by atoms with Gasteiger partial charge in [0.15, 0.2) is 6.61 Å². The molecule has 26 heavy (non-hydrogen) atoms. The summed E-state index contributed by atoms with van der Waals surface area (Å²) in [5, 5.41) is 14.8. The largest absolute Gasteiger partial charge is 0.451 e. The van der Waals surface area contributed by atoms with E-state index in [1.54, 1.807) is 30.8 Å². The Balaban J connectivity index is 1.61. The average Bonchev–Trinajstić information content (AvgIpc) is 3.28. The van der Waals surface area contributed by atoms with Gasteiger partial charge < -0.3 is 14.6 Å². The standard InChI is InChI=1S/C18H20N4O3S/c1-11-20-14(9-26-11)12-6-15(22(3)7-12)17(24)25-8-16(23)21-18(2,10-19)13-4-5-13/h6-7,9,13H,4-5,8H2,1-3H3,(H,21,23)/t18-/m0/s1. The summed E-state index contributed by atoms with van der Waals surface area (Å²) in [6.07, 6.45) is 3.64. The van der Waals surface area contributed by atoms with Crippen LogP contribution in [0.3, 0.4) is 0 Å². The zero-order chi connectivity index (χ0) is 18.9. The van der Waals surface area contributed by atoms with Gasteiger partial charge in [-0.3, -0.25) is 4.79 Å². The average molecular weight is 372 g/mol. The minimum absolute atomic E-state index is 0.171. The molecule has 2 aromatic heterocycles. The van der Waals surface area contributed by atoms with Crippen LogP contribution in [-0.2, 0) is 16.6 Å². The number of thiazole rings is 1. The van der Waals surface area contributed by atoms with Gasteiger partial charge in [-0.15, -0.1) is 11.3 Å². The van der Waals surface area contributed by atoms with Crippen LogP contribution in [-0.4, -0.2) is 33.6 Å². The summed E-state index contributed by atoms with van der Waals surface area (Å²) in [6, 6.07) is 3.83. The van der Waals surface area contributed by atoms with E-state index in [-0.39, 0.29) is 5.92 Å². The number of rotatable bonds is 6. The van der Waals surface area contributed by atoms with E-state index in [0.717, 1.165) is 29.1 Å². The number of carbonyl (C=O) groups excluding carboxylic acids is 2. The molecule has 8 heteroatoms. The Morgan fingerprint density at radius 3 is 2.85 bits per heavy atom. The second kappa shape index (κ2) is 6.92. The van der Waals surface area contributed by atoms with Crippen LogP contribution >= 0.6 is 11.3 Å². The van der Waals surface area contributed by atoms with Gasteiger partial charge in [-0.2, -0.15) is 5.26 Å². The molecule has 0 radical (unpaired) electrons. The molecule has 1 fully saturated rings. The highest BCUT2D eigenvalue weighted by Gasteiger charge is 2.43. The highest BCUT2D eigenvalue weighted by atomic mass is 32.1. The molecule has 0 aliphatic heterocycles. The first-order valence-corrected chi connectivity index (χ1v) is 9.18. The normalized spacial score (nSPS) is 15.8. The number of aryl methyl sites for hydroxylation is 2. The molecule has 1 amide bonds. The van der Waals surface area contributed by atoms with E-state index in [1.165, 1.54) is 11.3 Å². The Labute approximate surface area is 155 Å². The van der Waals surface area contributed by atoms with Crippen molar-refractivity contribution >= 4 is 23.2 Å². The van der Waals surface area contributed by atoms with Crippen molar-refractivity contribution in [2.24, 2.45) is 13.0 Å². The van der Waals surface area contributed by atoms with Crippen molar-refractivity contribution in [1.29, 1.82) is 5.26 Å². The summed E-state index contributed by atoms with van der Waals surface area (Å²) in [5.41, 5.74) is 1.06. The lowest BCUT2D eigenvalue weighted by Crippen LogP contribution is -2.48. The summed E-state index contributed by atoms with van der Waals surface area (Å²) in [6.45, 7) is 3.20. The molecule has 136 valence electrons. The number of esters is 1. The predicted octanol–water partition coefficient (Wildman–Crippen LogP) is 2.42. The quantitative estimate of drug-likeness (QED) is 0.786. The van der Waals surface area contributed by atoms with Crippen molar-refractivity contribution in [2.45, 2.75) is 32.2 Å². The number of nitrogens with one attached hydrogen (secondary N) is 1. The summed E-state index contributed by atoms with van der Waals surface area (Å²) in [7, 11) is 1.74. The maximum Gasteiger partial charge on any atom is 0.355 e. The Kier molecular flexibility index (Phi) is 4.83. The molecule has 0 spiro atoms. The number of hydrogen-bond acceptors (Lipinski definition) is 6. The Morgan fingerprint density at radius 2 is 2.27 bits per heavy atom. The molecule has 0 unspecified atom stereocenters. The second-order valence-corrected chi connectivity index (χ2v) is 7.75. The van der Waals surface area contributed by atoms with E-state index >= 15 is 0 Å². The number of hydrogen-bond donors (Lipinski definition) is 1. The molecule has 0 saturated heterocycles. The van der Waals surface area contributed by atoms with Crippen LogP contribution < -0.4 is 5.32 Å². The number of ether oxygens (including phenoxy) is 1. The minimum Gasteiger partial charge on any atom is -0.451 e. The molecule has 2 aromatic rings. The van der Waals surface area contributed by atoms with Crippen LogP contribution in [0.1, 0.15) is 35.3 Å². The minimum atomic E-state index is -0.899. The van der Waals surface area contributed by atoms with Crippen molar-refractivity contribution in [3.05, 3.63) is 28.3 Å². The zero-order valence-electron chi connectivity index (χ0n) is 14.9. The van der Waals surface area contributed by atoms with Crippen LogP contribution in [0.4, 0.5) is 0 Å². The van der Waals surface area contributed by atoms with E-state index < -0.39 is 24.0 Å². The molecule has 1 saturated carbocycles. The van der Waals surface area contributed by atoms with Gasteiger partial charge in [-0.25, -0.2) is 9.78 Å². The highest BCUT2D eigenvalue weighted by molar-refractivity contribution is 7.09. The van der Waals surface area contributed by atoms with Gasteiger partial charge in [-0.05, 0) is 38.7 Å². The third kappa shape index (κ3) is 3.78. The molecule has 2 heterocycles. The van der Waals surface area contributed by atoms with E-state index in [0.29, 0.717) is 5.69 Å². The SMILES string of the molecule is Cc1nc(-c2cc(C(=O)OCC(=O)N[C@@](C)(C#N)C3CC3)n(C)c2)cs1. The van der Waals surface area contributed by atoms with Crippen LogP contribution in [0.5, 0.6) is 0 Å². The molecular weight excluding hydrogens is 352 g/mol. The number of aromatic nitrogens is 2. The van der Waals surface area contributed by atoms with Gasteiger partial charge in [0.2, 0.25) is 0 Å². The third-order valence-electron chi connectivity index (χ3n) is 4.49. The summed E-state index contributed by atoms with van der Waals surface area (Å²) >= 11 is 1.54. The van der Waals surface area contributed by atoms with Crippen molar-refractivity contribution in [3.63, 3.8) is 0 Å². The number of nitrogens with zero attached hydrogens (tertiary/aromatic N) is 3. The van der Waals surface area contributed by atoms with Gasteiger partial charge in [0.05, 0.1) is 16.8 Å². The molecule has 1 aliphatic carbocycles. The molecule has 1 aliphatic rings. The number of nitriles is 1. The first-order chi connectivity index (χ1) is 12.3. The number of carbonyl (C=O) groups is 2. The van der Waals surface area contributed by atoms with Crippen LogP contribution in [0.25, 0.3) is 11.3 Å². The van der Waals surface area contributed by atoms with Crippen molar-refractivity contribution in [2.75, 3.05) is 6.61 Å². The van der Waals surface area contributed by atoms with Gasteiger partial charge in [0.25, 0.3) is 5.91 Å². The topological polar surface area (TPSA) is 97.0 Å². The van der Waals surface area contributed by atoms with E-state index in [9.17, 15) is 14.9 Å². The lowest BCUT2D eigenvalue weighted by atomic mass is 9.98. The fourth-order valence-electron chi connectivity index (χ4n) is 2.82. The Bertz CT molecular complexity index is 891. The zero-order valence-corrected chi connectivity index (χ0v) is 15.7. The number of amides is 1. The maximum atomic E-state index is 12.3. The first kappa shape index (κ1) is 18.1. The van der Waals surface area contributed by atoms with Crippen molar-refractivity contribution in [3.8, 4) is 17.3 Å². The Hall–Kier alpha value is -2.66. The fourth-order valence-corrected chi connectivity index (χ4v) is 3.44. The molecule has 1 atom stereocenters. The smallest absolute Gasteiger partial charge is 0.355 e. The lowest BCUT2D eigenvalue weighted by Gasteiger charge is -2.22. The summed E-state index contributed by atoms with van der Waals surface area (Å²) < 4.78 is 6.76. The van der Waals surface area contributed by atoms with Crippen LogP contribution in [0, 0.1) is 24.2 Å². The summed E-state index contributed by atoms with van der Waals surface area (Å²) in [4.78, 5) is 28.7. The lowest BCUT2D eigenvalue weighted by molar-refractivity contribution is -0.125. The van der Waals surface area contributed by atoms with E-state index in [4.69, 9.17) is 4.74 Å². The molecule has 3 rings (SSSR count). The van der Waals surface area contributed by atoms with E-state index in [2.05, 4.69) is 16.4 Å². The van der Waals surface area contributed by atoms with E-state index in [1.807, 2.05) is 12.3 Å². The summed E-state index contributed by atoms with van der Waals surface area (Å²) in [5.74, 6) is -0.894. The van der Waals surface area contributed by atoms with Gasteiger partial charge in [0.1, 0.15) is 11.2 Å². The highest BCUT2D eigenvalue weighted by Crippen LogP contribution is 2.39. The predicted molar refractivity (Wildman–Crippen MR) is 96.4 cm³/mol. The molecule has 0 aromatic carbocycles. The van der Waals surface area contributed by atoms with Gasteiger partial charge in [-0.1, -0.05) is 0 Å². The van der Waals surface area contributed by atoms with Crippen molar-refractivity contribution < 1.29 is 14.3 Å². The second-order valence-electron chi connectivity index (χ2n) is 6.69. The van der Waals surface area contributed by atoms with Crippen LogP contribution in [0.2, 0.25) is 0 Å². The third-order valence-corrected chi connectivity index (χ3v) is 5.26.